The summed E-state index contributed by atoms with van der Waals surface area (Å²) in [6, 6.07) is 9.90. The van der Waals surface area contributed by atoms with Crippen molar-refractivity contribution in [3.05, 3.63) is 30.3 Å². The first-order chi connectivity index (χ1) is 8.25. The minimum Gasteiger partial charge on any atom is -0.391 e. The molecule has 0 heterocycles. The van der Waals surface area contributed by atoms with Crippen LogP contribution in [0.25, 0.3) is 0 Å². The third-order valence-corrected chi connectivity index (χ3v) is 3.30. The average Bonchev–Trinajstić information content (AvgIpc) is 2.33. The van der Waals surface area contributed by atoms with Crippen molar-refractivity contribution in [3.8, 4) is 0 Å². The fourth-order valence-electron chi connectivity index (χ4n) is 2.14. The van der Waals surface area contributed by atoms with Gasteiger partial charge in [-0.2, -0.15) is 0 Å². The Kier molecular flexibility index (Phi) is 4.34. The molecule has 3 nitrogen and oxygen atoms in total. The second-order valence-corrected chi connectivity index (χ2v) is 4.83. The molecule has 1 saturated carbocycles. The second kappa shape index (κ2) is 5.98. The maximum atomic E-state index is 9.83. The van der Waals surface area contributed by atoms with Crippen LogP contribution in [0.1, 0.15) is 25.7 Å². The summed E-state index contributed by atoms with van der Waals surface area (Å²) in [5.41, 5.74) is 0.968. The van der Waals surface area contributed by atoms with E-state index in [-0.39, 0.29) is 12.1 Å². The molecule has 1 aliphatic carbocycles. The van der Waals surface area contributed by atoms with Gasteiger partial charge in [0.05, 0.1) is 12.1 Å². The van der Waals surface area contributed by atoms with Gasteiger partial charge in [-0.25, -0.2) is 0 Å². The van der Waals surface area contributed by atoms with E-state index in [4.69, 9.17) is 12.2 Å². The van der Waals surface area contributed by atoms with Crippen LogP contribution in [0, 0.1) is 0 Å². The largest absolute Gasteiger partial charge is 0.391 e. The van der Waals surface area contributed by atoms with E-state index in [9.17, 15) is 5.11 Å². The molecule has 1 aromatic rings. The van der Waals surface area contributed by atoms with Gasteiger partial charge in [0.15, 0.2) is 5.11 Å². The number of nitrogens with one attached hydrogen (secondary N) is 2. The molecule has 0 amide bonds. The van der Waals surface area contributed by atoms with E-state index in [1.54, 1.807) is 0 Å². The molecule has 1 aromatic carbocycles. The summed E-state index contributed by atoms with van der Waals surface area (Å²) >= 11 is 5.24. The number of benzene rings is 1. The molecule has 0 radical (unpaired) electrons. The summed E-state index contributed by atoms with van der Waals surface area (Å²) in [6.45, 7) is 0. The maximum Gasteiger partial charge on any atom is 0.171 e. The highest BCUT2D eigenvalue weighted by Gasteiger charge is 2.23. The molecule has 0 bridgehead atoms. The Labute approximate surface area is 107 Å². The summed E-state index contributed by atoms with van der Waals surface area (Å²) in [6.07, 6.45) is 3.84. The van der Waals surface area contributed by atoms with Crippen LogP contribution in [0.3, 0.4) is 0 Å². The standard InChI is InChI=1S/C13H18N2OS/c16-12-9-5-4-8-11(12)15-13(17)14-10-6-2-1-3-7-10/h1-3,6-7,11-12,16H,4-5,8-9H2,(H2,14,15,17)/t11-,12+/m0/s1. The van der Waals surface area contributed by atoms with Crippen molar-refractivity contribution in [1.82, 2.24) is 5.32 Å². The SMILES string of the molecule is O[C@@H]1CCCC[C@@H]1NC(=S)Nc1ccccc1. The van der Waals surface area contributed by atoms with E-state index < -0.39 is 0 Å². The van der Waals surface area contributed by atoms with Crippen molar-refractivity contribution in [2.45, 2.75) is 37.8 Å². The van der Waals surface area contributed by atoms with E-state index in [1.807, 2.05) is 30.3 Å². The van der Waals surface area contributed by atoms with Crippen molar-refractivity contribution in [1.29, 1.82) is 0 Å². The average molecular weight is 250 g/mol. The predicted molar refractivity (Wildman–Crippen MR) is 74.1 cm³/mol. The molecule has 3 N–H and O–H groups in total. The molecule has 4 heteroatoms. The van der Waals surface area contributed by atoms with Gasteiger partial charge < -0.3 is 15.7 Å². The topological polar surface area (TPSA) is 44.3 Å². The molecule has 1 fully saturated rings. The normalized spacial score (nSPS) is 24.1. The van der Waals surface area contributed by atoms with Gasteiger partial charge in [0, 0.05) is 5.69 Å². The molecule has 0 aliphatic heterocycles. The molecular weight excluding hydrogens is 232 g/mol. The van der Waals surface area contributed by atoms with E-state index in [0.29, 0.717) is 5.11 Å². The van der Waals surface area contributed by atoms with Gasteiger partial charge in [-0.1, -0.05) is 31.0 Å². The van der Waals surface area contributed by atoms with Gasteiger partial charge in [-0.05, 0) is 37.2 Å². The first-order valence-electron chi connectivity index (χ1n) is 6.06. The minimum atomic E-state index is -0.278. The lowest BCUT2D eigenvalue weighted by Gasteiger charge is -2.29. The summed E-state index contributed by atoms with van der Waals surface area (Å²) in [7, 11) is 0. The highest BCUT2D eigenvalue weighted by atomic mass is 32.1. The lowest BCUT2D eigenvalue weighted by atomic mass is 9.93. The smallest absolute Gasteiger partial charge is 0.171 e. The Morgan fingerprint density at radius 3 is 2.59 bits per heavy atom. The number of thiocarbonyl (C=S) groups is 1. The molecule has 2 rings (SSSR count). The zero-order chi connectivity index (χ0) is 12.1. The minimum absolute atomic E-state index is 0.0902. The van der Waals surface area contributed by atoms with Crippen LogP contribution in [-0.2, 0) is 0 Å². The van der Waals surface area contributed by atoms with Crippen LogP contribution >= 0.6 is 12.2 Å². The van der Waals surface area contributed by atoms with Gasteiger partial charge in [0.2, 0.25) is 0 Å². The predicted octanol–water partition coefficient (Wildman–Crippen LogP) is 2.28. The molecule has 0 aromatic heterocycles. The van der Waals surface area contributed by atoms with Crippen molar-refractivity contribution < 1.29 is 5.11 Å². The Morgan fingerprint density at radius 2 is 1.88 bits per heavy atom. The van der Waals surface area contributed by atoms with Crippen LogP contribution in [0.2, 0.25) is 0 Å². The number of anilines is 1. The van der Waals surface area contributed by atoms with Crippen LogP contribution in [0.4, 0.5) is 5.69 Å². The van der Waals surface area contributed by atoms with Crippen LogP contribution < -0.4 is 10.6 Å². The summed E-state index contributed by atoms with van der Waals surface area (Å²) in [4.78, 5) is 0. The van der Waals surface area contributed by atoms with Gasteiger partial charge in [-0.15, -0.1) is 0 Å². The molecule has 0 spiro atoms. The monoisotopic (exact) mass is 250 g/mol. The first-order valence-corrected chi connectivity index (χ1v) is 6.47. The lowest BCUT2D eigenvalue weighted by molar-refractivity contribution is 0.100. The lowest BCUT2D eigenvalue weighted by Crippen LogP contribution is -2.46. The fraction of sp³-hybridized carbons (Fsp3) is 0.462. The number of aliphatic hydroxyl groups excluding tert-OH is 1. The number of hydrogen-bond acceptors (Lipinski definition) is 2. The second-order valence-electron chi connectivity index (χ2n) is 4.42. The van der Waals surface area contributed by atoms with Crippen LogP contribution in [0.15, 0.2) is 30.3 Å². The third kappa shape index (κ3) is 3.68. The van der Waals surface area contributed by atoms with Crippen LogP contribution in [0.5, 0.6) is 0 Å². The first kappa shape index (κ1) is 12.3. The maximum absolute atomic E-state index is 9.83. The molecule has 1 aliphatic rings. The number of para-hydroxylation sites is 1. The number of hydrogen-bond donors (Lipinski definition) is 3. The van der Waals surface area contributed by atoms with Crippen molar-refractivity contribution >= 4 is 23.0 Å². The molecule has 2 atom stereocenters. The molecule has 0 saturated heterocycles. The number of aliphatic hydroxyl groups is 1. The molecule has 17 heavy (non-hydrogen) atoms. The van der Waals surface area contributed by atoms with Crippen molar-refractivity contribution in [2.24, 2.45) is 0 Å². The Hall–Kier alpha value is -1.13. The Balaban J connectivity index is 1.84. The zero-order valence-electron chi connectivity index (χ0n) is 9.73. The number of rotatable bonds is 2. The zero-order valence-corrected chi connectivity index (χ0v) is 10.5. The highest BCUT2D eigenvalue weighted by Crippen LogP contribution is 2.18. The van der Waals surface area contributed by atoms with Crippen molar-refractivity contribution in [3.63, 3.8) is 0 Å². The summed E-state index contributed by atoms with van der Waals surface area (Å²) < 4.78 is 0. The Bertz CT molecular complexity index is 369. The van der Waals surface area contributed by atoms with Crippen molar-refractivity contribution in [2.75, 3.05) is 5.32 Å². The van der Waals surface area contributed by atoms with E-state index >= 15 is 0 Å². The quantitative estimate of drug-likeness (QED) is 0.705. The molecular formula is C13H18N2OS. The van der Waals surface area contributed by atoms with Gasteiger partial charge in [-0.3, -0.25) is 0 Å². The Morgan fingerprint density at radius 1 is 1.18 bits per heavy atom. The molecule has 92 valence electrons. The summed E-state index contributed by atoms with van der Waals surface area (Å²) in [5.74, 6) is 0. The third-order valence-electron chi connectivity index (χ3n) is 3.08. The highest BCUT2D eigenvalue weighted by molar-refractivity contribution is 7.80. The fourth-order valence-corrected chi connectivity index (χ4v) is 2.41. The van der Waals surface area contributed by atoms with E-state index in [0.717, 1.165) is 31.4 Å². The summed E-state index contributed by atoms with van der Waals surface area (Å²) in [5, 5.41) is 16.7. The van der Waals surface area contributed by atoms with Gasteiger partial charge in [0.25, 0.3) is 0 Å². The van der Waals surface area contributed by atoms with Gasteiger partial charge >= 0.3 is 0 Å². The van der Waals surface area contributed by atoms with Crippen LogP contribution in [-0.4, -0.2) is 22.4 Å². The van der Waals surface area contributed by atoms with Gasteiger partial charge in [0.1, 0.15) is 0 Å². The molecule has 0 unspecified atom stereocenters. The van der Waals surface area contributed by atoms with E-state index in [1.165, 1.54) is 0 Å². The van der Waals surface area contributed by atoms with E-state index in [2.05, 4.69) is 10.6 Å².